The van der Waals surface area contributed by atoms with E-state index in [2.05, 4.69) is 21.8 Å². The van der Waals surface area contributed by atoms with Gasteiger partial charge in [0.25, 0.3) is 5.91 Å². The number of carbonyl (C=O) groups is 1. The normalized spacial score (nSPS) is 19.2. The summed E-state index contributed by atoms with van der Waals surface area (Å²) < 4.78 is 48.5. The number of hydrogen-bond acceptors (Lipinski definition) is 7. The third-order valence-corrected chi connectivity index (χ3v) is 8.31. The fourth-order valence-electron chi connectivity index (χ4n) is 4.30. The van der Waals surface area contributed by atoms with E-state index in [9.17, 15) is 17.4 Å². The van der Waals surface area contributed by atoms with Gasteiger partial charge in [0.05, 0.1) is 16.8 Å². The molecule has 1 atom stereocenters. The Labute approximate surface area is 215 Å². The zero-order valence-corrected chi connectivity index (χ0v) is 22.0. The first-order valence-corrected chi connectivity index (χ1v) is 15.2. The highest BCUT2D eigenvalue weighted by Crippen LogP contribution is 2.24. The Hall–Kier alpha value is -2.53. The van der Waals surface area contributed by atoms with Gasteiger partial charge in [-0.3, -0.25) is 14.4 Å². The minimum atomic E-state index is -2.92. The molecule has 0 saturated carbocycles. The summed E-state index contributed by atoms with van der Waals surface area (Å²) >= 11 is 0. The van der Waals surface area contributed by atoms with Gasteiger partial charge in [-0.25, -0.2) is 12.6 Å². The SMILES string of the molecule is CS(=O)(=O)CCCOC1CCN(Cc2cccc(COc3ccc(C4=CC(=O)NS4=O)cc3)c2)CC1. The third-order valence-electron chi connectivity index (χ3n) is 6.14. The Morgan fingerprint density at radius 2 is 1.81 bits per heavy atom. The third kappa shape index (κ3) is 7.99. The predicted molar refractivity (Wildman–Crippen MR) is 140 cm³/mol. The molecule has 1 amide bonds. The molecule has 0 spiro atoms. The number of hydrogen-bond donors (Lipinski definition) is 1. The molecule has 2 heterocycles. The Morgan fingerprint density at radius 3 is 2.47 bits per heavy atom. The van der Waals surface area contributed by atoms with Crippen LogP contribution in [0, 0.1) is 0 Å². The first-order chi connectivity index (χ1) is 17.2. The average Bonchev–Trinajstić information content (AvgIpc) is 3.19. The van der Waals surface area contributed by atoms with Crippen LogP contribution in [0.25, 0.3) is 4.91 Å². The lowest BCUT2D eigenvalue weighted by Crippen LogP contribution is -2.36. The van der Waals surface area contributed by atoms with Crippen molar-refractivity contribution in [1.29, 1.82) is 0 Å². The highest BCUT2D eigenvalue weighted by atomic mass is 32.2. The zero-order chi connectivity index (χ0) is 25.5. The predicted octanol–water partition coefficient (Wildman–Crippen LogP) is 2.82. The van der Waals surface area contributed by atoms with Gasteiger partial charge in [-0.1, -0.05) is 36.4 Å². The minimum absolute atomic E-state index is 0.178. The number of piperidine rings is 1. The van der Waals surface area contributed by atoms with Crippen LogP contribution >= 0.6 is 0 Å². The molecule has 1 N–H and O–H groups in total. The summed E-state index contributed by atoms with van der Waals surface area (Å²) in [6.07, 6.45) is 5.27. The summed E-state index contributed by atoms with van der Waals surface area (Å²) in [5.74, 6) is 0.534. The molecule has 0 radical (unpaired) electrons. The van der Waals surface area contributed by atoms with Gasteiger partial charge in [-0.05, 0) is 48.1 Å². The van der Waals surface area contributed by atoms with Crippen LogP contribution in [-0.2, 0) is 43.5 Å². The fraction of sp³-hybridized carbons (Fsp3) is 0.423. The number of carbonyl (C=O) groups excluding carboxylic acids is 1. The van der Waals surface area contributed by atoms with Crippen LogP contribution in [0.15, 0.2) is 54.6 Å². The molecular weight excluding hydrogens is 500 g/mol. The van der Waals surface area contributed by atoms with E-state index in [4.69, 9.17) is 9.47 Å². The lowest BCUT2D eigenvalue weighted by Gasteiger charge is -2.32. The van der Waals surface area contributed by atoms with Crippen LogP contribution in [0.4, 0.5) is 0 Å². The van der Waals surface area contributed by atoms with Crippen LogP contribution < -0.4 is 9.46 Å². The maximum atomic E-state index is 11.9. The van der Waals surface area contributed by atoms with Gasteiger partial charge in [0, 0.05) is 38.6 Å². The molecule has 0 aromatic heterocycles. The van der Waals surface area contributed by atoms with Gasteiger partial charge in [0.2, 0.25) is 0 Å². The number of sulfone groups is 1. The molecule has 4 rings (SSSR count). The quantitative estimate of drug-likeness (QED) is 0.444. The van der Waals surface area contributed by atoms with E-state index < -0.39 is 20.8 Å². The highest BCUT2D eigenvalue weighted by Gasteiger charge is 2.21. The van der Waals surface area contributed by atoms with E-state index in [0.717, 1.165) is 43.6 Å². The number of likely N-dealkylation sites (tertiary alicyclic amines) is 1. The smallest absolute Gasteiger partial charge is 0.257 e. The standard InChI is InChI=1S/C26H32N2O6S2/c1-36(31,32)15-3-14-33-24-10-12-28(13-11-24)18-20-4-2-5-21(16-20)19-34-23-8-6-22(7-9-23)25-17-26(29)27-35(25)30/h2,4-9,16-17,24H,3,10-15,18-19H2,1H3,(H,27,29). The van der Waals surface area contributed by atoms with Crippen molar-refractivity contribution in [2.75, 3.05) is 31.7 Å². The molecule has 1 fully saturated rings. The van der Waals surface area contributed by atoms with Crippen molar-refractivity contribution in [1.82, 2.24) is 9.62 Å². The molecule has 194 valence electrons. The number of nitrogens with one attached hydrogen (secondary N) is 1. The molecule has 8 nitrogen and oxygen atoms in total. The Morgan fingerprint density at radius 1 is 1.08 bits per heavy atom. The molecule has 1 unspecified atom stereocenters. The summed E-state index contributed by atoms with van der Waals surface area (Å²) in [5.41, 5.74) is 3.03. The van der Waals surface area contributed by atoms with E-state index >= 15 is 0 Å². The molecule has 2 aromatic rings. The van der Waals surface area contributed by atoms with E-state index in [0.29, 0.717) is 30.3 Å². The Kier molecular flexibility index (Phi) is 8.95. The van der Waals surface area contributed by atoms with E-state index in [1.165, 1.54) is 17.9 Å². The zero-order valence-electron chi connectivity index (χ0n) is 20.4. The number of benzene rings is 2. The van der Waals surface area contributed by atoms with Crippen LogP contribution in [-0.4, -0.2) is 61.2 Å². The second-order valence-electron chi connectivity index (χ2n) is 9.21. The second kappa shape index (κ2) is 12.1. The Balaban J connectivity index is 1.21. The molecule has 2 aliphatic heterocycles. The molecule has 0 aliphatic carbocycles. The van der Waals surface area contributed by atoms with E-state index in [-0.39, 0.29) is 17.8 Å². The van der Waals surface area contributed by atoms with Crippen molar-refractivity contribution in [2.24, 2.45) is 0 Å². The van der Waals surface area contributed by atoms with Crippen LogP contribution in [0.5, 0.6) is 5.75 Å². The van der Waals surface area contributed by atoms with Crippen molar-refractivity contribution < 1.29 is 26.9 Å². The van der Waals surface area contributed by atoms with E-state index in [1.54, 1.807) is 12.1 Å². The van der Waals surface area contributed by atoms with Gasteiger partial charge in [-0.2, -0.15) is 0 Å². The molecule has 2 aliphatic rings. The van der Waals surface area contributed by atoms with Crippen LogP contribution in [0.3, 0.4) is 0 Å². The van der Waals surface area contributed by atoms with Gasteiger partial charge in [-0.15, -0.1) is 0 Å². The van der Waals surface area contributed by atoms with Gasteiger partial charge in [0.1, 0.15) is 22.2 Å². The first kappa shape index (κ1) is 26.5. The molecular formula is C26H32N2O6S2. The maximum absolute atomic E-state index is 11.9. The van der Waals surface area contributed by atoms with Gasteiger partial charge < -0.3 is 9.47 Å². The number of ether oxygens (including phenoxy) is 2. The summed E-state index contributed by atoms with van der Waals surface area (Å²) in [5, 5.41) is 0. The van der Waals surface area contributed by atoms with Crippen molar-refractivity contribution in [3.05, 3.63) is 71.3 Å². The summed E-state index contributed by atoms with van der Waals surface area (Å²) in [4.78, 5) is 14.3. The molecule has 36 heavy (non-hydrogen) atoms. The number of rotatable bonds is 11. The maximum Gasteiger partial charge on any atom is 0.257 e. The molecule has 10 heteroatoms. The van der Waals surface area contributed by atoms with Gasteiger partial charge >= 0.3 is 0 Å². The summed E-state index contributed by atoms with van der Waals surface area (Å²) in [6, 6.07) is 15.6. The van der Waals surface area contributed by atoms with Crippen molar-refractivity contribution >= 4 is 31.6 Å². The fourth-order valence-corrected chi connectivity index (χ4v) is 5.86. The highest BCUT2D eigenvalue weighted by molar-refractivity contribution is 7.94. The largest absolute Gasteiger partial charge is 0.489 e. The lowest BCUT2D eigenvalue weighted by atomic mass is 10.1. The van der Waals surface area contributed by atoms with Crippen molar-refractivity contribution in [3.8, 4) is 5.75 Å². The van der Waals surface area contributed by atoms with E-state index in [1.807, 2.05) is 24.3 Å². The molecule has 0 bridgehead atoms. The average molecular weight is 533 g/mol. The topological polar surface area (TPSA) is 102 Å². The molecule has 2 aromatic carbocycles. The summed E-state index contributed by atoms with van der Waals surface area (Å²) in [6.45, 7) is 3.70. The van der Waals surface area contributed by atoms with Crippen molar-refractivity contribution in [2.45, 2.75) is 38.5 Å². The molecule has 1 saturated heterocycles. The summed E-state index contributed by atoms with van der Waals surface area (Å²) in [7, 11) is -4.43. The number of amides is 1. The number of nitrogens with zero attached hydrogens (tertiary/aromatic N) is 1. The van der Waals surface area contributed by atoms with Crippen molar-refractivity contribution in [3.63, 3.8) is 0 Å². The minimum Gasteiger partial charge on any atom is -0.489 e. The van der Waals surface area contributed by atoms with Crippen LogP contribution in [0.2, 0.25) is 0 Å². The first-order valence-electron chi connectivity index (χ1n) is 12.0. The second-order valence-corrected chi connectivity index (χ2v) is 12.6. The lowest BCUT2D eigenvalue weighted by molar-refractivity contribution is -0.114. The monoisotopic (exact) mass is 532 g/mol. The Bertz CT molecular complexity index is 1220. The van der Waals surface area contributed by atoms with Gasteiger partial charge in [0.15, 0.2) is 11.0 Å². The van der Waals surface area contributed by atoms with Crippen LogP contribution in [0.1, 0.15) is 36.0 Å².